The lowest BCUT2D eigenvalue weighted by Crippen LogP contribution is -2.42. The zero-order chi connectivity index (χ0) is 19.4. The van der Waals surface area contributed by atoms with Gasteiger partial charge in [-0.1, -0.05) is 12.8 Å². The van der Waals surface area contributed by atoms with Crippen LogP contribution in [0, 0.1) is 0 Å². The Morgan fingerprint density at radius 2 is 1.73 bits per heavy atom. The summed E-state index contributed by atoms with van der Waals surface area (Å²) in [6.07, 6.45) is 4.00. The highest BCUT2D eigenvalue weighted by Gasteiger charge is 2.43. The van der Waals surface area contributed by atoms with E-state index in [-0.39, 0.29) is 30.5 Å². The molecule has 1 rings (SSSR count). The van der Waals surface area contributed by atoms with Gasteiger partial charge in [0.05, 0.1) is 6.61 Å². The maximum atomic E-state index is 13.4. The monoisotopic (exact) mass is 431 g/mol. The summed E-state index contributed by atoms with van der Waals surface area (Å²) in [5, 5.41) is 8.42. The van der Waals surface area contributed by atoms with Crippen LogP contribution in [-0.2, 0) is 18.7 Å². The van der Waals surface area contributed by atoms with Gasteiger partial charge in [-0.2, -0.15) is 0 Å². The van der Waals surface area contributed by atoms with Crippen molar-refractivity contribution in [3.05, 3.63) is 0 Å². The lowest BCUT2D eigenvalue weighted by molar-refractivity contribution is -0.129. The van der Waals surface area contributed by atoms with Crippen LogP contribution in [0.1, 0.15) is 44.9 Å². The van der Waals surface area contributed by atoms with Gasteiger partial charge in [-0.15, -0.1) is 23.2 Å². The highest BCUT2D eigenvalue weighted by Crippen LogP contribution is 2.56. The van der Waals surface area contributed by atoms with Crippen molar-refractivity contribution in [1.29, 1.82) is 0 Å². The molecule has 2 N–H and O–H groups in total. The number of amides is 2. The largest absolute Gasteiger partial charge is 0.373 e. The van der Waals surface area contributed by atoms with E-state index in [9.17, 15) is 14.2 Å². The number of hydrogen-bond donors (Lipinski definition) is 2. The van der Waals surface area contributed by atoms with E-state index in [2.05, 4.69) is 0 Å². The highest BCUT2D eigenvalue weighted by atomic mass is 35.5. The Balaban J connectivity index is 2.53. The van der Waals surface area contributed by atoms with Crippen LogP contribution in [0.5, 0.6) is 0 Å². The van der Waals surface area contributed by atoms with Gasteiger partial charge in [-0.25, -0.2) is 14.7 Å². The summed E-state index contributed by atoms with van der Waals surface area (Å²) in [5.74, 6) is -0.0668. The van der Waals surface area contributed by atoms with Crippen molar-refractivity contribution in [2.75, 3.05) is 38.0 Å². The van der Waals surface area contributed by atoms with E-state index in [1.807, 2.05) is 0 Å². The van der Waals surface area contributed by atoms with Gasteiger partial charge in [0.25, 0.3) is 0 Å². The molecule has 11 heteroatoms. The van der Waals surface area contributed by atoms with Crippen molar-refractivity contribution in [3.8, 4) is 0 Å². The van der Waals surface area contributed by atoms with E-state index in [0.29, 0.717) is 45.5 Å². The molecular weight excluding hydrogens is 404 g/mol. The van der Waals surface area contributed by atoms with Crippen molar-refractivity contribution in [2.24, 2.45) is 0 Å². The molecule has 1 atom stereocenters. The third kappa shape index (κ3) is 7.33. The zero-order valence-corrected chi connectivity index (χ0v) is 17.3. The third-order valence-corrected chi connectivity index (χ3v) is 7.08. The van der Waals surface area contributed by atoms with Crippen LogP contribution >= 0.6 is 30.9 Å². The molecule has 0 aromatic carbocycles. The van der Waals surface area contributed by atoms with E-state index < -0.39 is 13.6 Å². The van der Waals surface area contributed by atoms with Crippen molar-refractivity contribution >= 4 is 42.7 Å². The maximum absolute atomic E-state index is 13.4. The first-order chi connectivity index (χ1) is 12.5. The van der Waals surface area contributed by atoms with Crippen molar-refractivity contribution in [3.63, 3.8) is 0 Å². The van der Waals surface area contributed by atoms with Gasteiger partial charge >= 0.3 is 7.67 Å². The van der Waals surface area contributed by atoms with Crippen LogP contribution in [0.25, 0.3) is 0 Å². The Morgan fingerprint density at radius 3 is 2.31 bits per heavy atom. The van der Waals surface area contributed by atoms with Crippen molar-refractivity contribution in [2.45, 2.75) is 44.9 Å². The van der Waals surface area contributed by atoms with Crippen LogP contribution in [0.15, 0.2) is 0 Å². The molecule has 0 radical (unpaired) electrons. The summed E-state index contributed by atoms with van der Waals surface area (Å²) in [5.41, 5.74) is 1.59. The molecule has 1 fully saturated rings. The maximum Gasteiger partial charge on any atom is 0.373 e. The molecule has 0 aliphatic carbocycles. The smallest absolute Gasteiger partial charge is 0.302 e. The van der Waals surface area contributed by atoms with E-state index in [0.717, 1.165) is 12.8 Å². The fraction of sp³-hybridized carbons (Fsp3) is 0.867. The SMILES string of the molecule is O=C(CCCCCCC(=O)N1CCCOP1(=O)N(CCCl)CCCl)NO. The molecule has 1 heterocycles. The first kappa shape index (κ1) is 23.7. The van der Waals surface area contributed by atoms with Crippen molar-refractivity contribution in [1.82, 2.24) is 14.8 Å². The molecular formula is C15H28Cl2N3O5P. The molecule has 0 spiro atoms. The molecule has 0 bridgehead atoms. The van der Waals surface area contributed by atoms with Crippen LogP contribution < -0.4 is 5.48 Å². The summed E-state index contributed by atoms with van der Waals surface area (Å²) in [6, 6.07) is 0. The van der Waals surface area contributed by atoms with Crippen molar-refractivity contribution < 1.29 is 23.9 Å². The van der Waals surface area contributed by atoms with E-state index in [4.69, 9.17) is 32.9 Å². The van der Waals surface area contributed by atoms with Gasteiger partial charge < -0.3 is 4.52 Å². The normalized spacial score (nSPS) is 20.4. The Kier molecular flexibility index (Phi) is 11.8. The molecule has 1 aliphatic heterocycles. The molecule has 152 valence electrons. The molecule has 1 saturated heterocycles. The Hall–Kier alpha value is -0.370. The summed E-state index contributed by atoms with van der Waals surface area (Å²) < 4.78 is 21.8. The molecule has 1 aliphatic rings. The van der Waals surface area contributed by atoms with Gasteiger partial charge in [0, 0.05) is 44.2 Å². The van der Waals surface area contributed by atoms with Gasteiger partial charge in [-0.3, -0.25) is 19.5 Å². The lowest BCUT2D eigenvalue weighted by atomic mass is 10.1. The van der Waals surface area contributed by atoms with Gasteiger partial charge in [-0.05, 0) is 19.3 Å². The topological polar surface area (TPSA) is 99.2 Å². The summed E-state index contributed by atoms with van der Waals surface area (Å²) in [6.45, 7) is 1.41. The second-order valence-electron chi connectivity index (χ2n) is 5.98. The molecule has 2 amide bonds. The lowest BCUT2D eigenvalue weighted by Gasteiger charge is -2.40. The summed E-state index contributed by atoms with van der Waals surface area (Å²) in [7, 11) is -3.43. The average Bonchev–Trinajstić information content (AvgIpc) is 2.64. The minimum Gasteiger partial charge on any atom is -0.302 e. The Bertz CT molecular complexity index is 492. The predicted molar refractivity (Wildman–Crippen MR) is 101 cm³/mol. The molecule has 8 nitrogen and oxygen atoms in total. The van der Waals surface area contributed by atoms with Crippen LogP contribution in [0.2, 0.25) is 0 Å². The summed E-state index contributed by atoms with van der Waals surface area (Å²) >= 11 is 11.6. The zero-order valence-electron chi connectivity index (χ0n) is 14.9. The number of rotatable bonds is 12. The van der Waals surface area contributed by atoms with Crippen LogP contribution in [0.4, 0.5) is 0 Å². The minimum atomic E-state index is -3.43. The Morgan fingerprint density at radius 1 is 1.12 bits per heavy atom. The average molecular weight is 432 g/mol. The van der Waals surface area contributed by atoms with Gasteiger partial charge in [0.15, 0.2) is 0 Å². The number of halogens is 2. The van der Waals surface area contributed by atoms with Crippen LogP contribution in [0.3, 0.4) is 0 Å². The molecule has 0 saturated carbocycles. The number of nitrogens with zero attached hydrogens (tertiary/aromatic N) is 2. The first-order valence-corrected chi connectivity index (χ1v) is 11.4. The number of unbranched alkanes of at least 4 members (excludes halogenated alkanes) is 3. The number of hydrogen-bond acceptors (Lipinski definition) is 5. The number of carbonyl (C=O) groups is 2. The second-order valence-corrected chi connectivity index (χ2v) is 9.02. The molecule has 1 unspecified atom stereocenters. The standard InChI is InChI=1S/C15H28Cl2N3O5P/c16-8-11-19(12-9-17)26(24)20(10-5-13-25-26)15(22)7-4-2-1-3-6-14(21)18-23/h23H,1-13H2,(H,18,21). The Labute approximate surface area is 164 Å². The molecule has 0 aromatic heterocycles. The van der Waals surface area contributed by atoms with E-state index >= 15 is 0 Å². The number of nitrogens with one attached hydrogen (secondary N) is 1. The van der Waals surface area contributed by atoms with Gasteiger partial charge in [0.2, 0.25) is 11.8 Å². The first-order valence-electron chi connectivity index (χ1n) is 8.85. The highest BCUT2D eigenvalue weighted by molar-refractivity contribution is 7.54. The number of carbonyl (C=O) groups excluding carboxylic acids is 2. The fourth-order valence-electron chi connectivity index (χ4n) is 2.75. The predicted octanol–water partition coefficient (Wildman–Crippen LogP) is 2.97. The minimum absolute atomic E-state index is 0.199. The van der Waals surface area contributed by atoms with E-state index in [1.54, 1.807) is 10.2 Å². The molecule has 26 heavy (non-hydrogen) atoms. The third-order valence-electron chi connectivity index (χ3n) is 4.08. The summed E-state index contributed by atoms with van der Waals surface area (Å²) in [4.78, 5) is 23.5. The second kappa shape index (κ2) is 12.9. The van der Waals surface area contributed by atoms with Gasteiger partial charge in [0.1, 0.15) is 0 Å². The van der Waals surface area contributed by atoms with E-state index in [1.165, 1.54) is 4.67 Å². The number of alkyl halides is 2. The van der Waals surface area contributed by atoms with Crippen LogP contribution in [-0.4, -0.2) is 64.4 Å². The molecule has 0 aromatic rings. The fourth-order valence-corrected chi connectivity index (χ4v) is 5.85. The number of hydroxylamine groups is 1. The quantitative estimate of drug-likeness (QED) is 0.162.